The Morgan fingerprint density at radius 2 is 2.00 bits per heavy atom. The Bertz CT molecular complexity index is 876. The predicted molar refractivity (Wildman–Crippen MR) is 99.5 cm³/mol. The lowest BCUT2D eigenvalue weighted by Crippen LogP contribution is -2.11. The quantitative estimate of drug-likeness (QED) is 0.725. The summed E-state index contributed by atoms with van der Waals surface area (Å²) in [6.07, 6.45) is 0.708. The lowest BCUT2D eigenvalue weighted by atomic mass is 10.1. The van der Waals surface area contributed by atoms with Crippen molar-refractivity contribution in [2.75, 3.05) is 11.9 Å². The van der Waals surface area contributed by atoms with Crippen molar-refractivity contribution < 1.29 is 9.53 Å². The van der Waals surface area contributed by atoms with Crippen LogP contribution in [0.5, 0.6) is 5.75 Å². The van der Waals surface area contributed by atoms with E-state index in [-0.39, 0.29) is 5.91 Å². The fourth-order valence-electron chi connectivity index (χ4n) is 2.41. The molecule has 1 heterocycles. The average molecular weight is 353 g/mol. The van der Waals surface area contributed by atoms with Crippen LogP contribution in [-0.2, 0) is 6.42 Å². The zero-order chi connectivity index (χ0) is 17.6. The highest BCUT2D eigenvalue weighted by atomic mass is 32.1. The topological polar surface area (TPSA) is 64.1 Å². The van der Waals surface area contributed by atoms with E-state index < -0.39 is 0 Å². The smallest absolute Gasteiger partial charge is 0.257 e. The van der Waals surface area contributed by atoms with Gasteiger partial charge in [0.25, 0.3) is 5.91 Å². The van der Waals surface area contributed by atoms with E-state index in [1.165, 1.54) is 22.5 Å². The predicted octanol–water partition coefficient (Wildman–Crippen LogP) is 4.09. The van der Waals surface area contributed by atoms with Crippen LogP contribution in [0.3, 0.4) is 0 Å². The Kier molecular flexibility index (Phi) is 5.40. The molecule has 2 aromatic carbocycles. The Morgan fingerprint density at radius 3 is 2.80 bits per heavy atom. The molecular formula is C19H19N3O2S. The zero-order valence-electron chi connectivity index (χ0n) is 14.2. The molecule has 0 spiro atoms. The molecule has 0 saturated carbocycles. The summed E-state index contributed by atoms with van der Waals surface area (Å²) in [7, 11) is 0. The van der Waals surface area contributed by atoms with Gasteiger partial charge in [0.05, 0.1) is 6.61 Å². The summed E-state index contributed by atoms with van der Waals surface area (Å²) in [6.45, 7) is 4.54. The number of ether oxygens (including phenoxy) is 1. The molecule has 0 aliphatic heterocycles. The SMILES string of the molecule is CCOc1cccc(C(=O)Nc2nnc(Cc3ccccc3C)s2)c1. The molecule has 1 N–H and O–H groups in total. The van der Waals surface area contributed by atoms with E-state index in [1.54, 1.807) is 18.2 Å². The first-order valence-corrected chi connectivity index (χ1v) is 8.88. The summed E-state index contributed by atoms with van der Waals surface area (Å²) in [6, 6.07) is 15.3. The number of aryl methyl sites for hydroxylation is 1. The molecule has 6 heteroatoms. The van der Waals surface area contributed by atoms with Gasteiger partial charge in [-0.2, -0.15) is 0 Å². The molecule has 0 aliphatic carbocycles. The molecule has 5 nitrogen and oxygen atoms in total. The molecule has 3 aromatic rings. The normalized spacial score (nSPS) is 10.5. The Hall–Kier alpha value is -2.73. The molecule has 0 unspecified atom stereocenters. The summed E-state index contributed by atoms with van der Waals surface area (Å²) >= 11 is 1.39. The maximum atomic E-state index is 12.4. The summed E-state index contributed by atoms with van der Waals surface area (Å²) < 4.78 is 5.42. The molecule has 0 aliphatic rings. The molecule has 3 rings (SSSR count). The molecule has 0 bridgehead atoms. The number of nitrogens with zero attached hydrogens (tertiary/aromatic N) is 2. The summed E-state index contributed by atoms with van der Waals surface area (Å²) in [5, 5.41) is 12.4. The molecule has 0 fully saturated rings. The molecular weight excluding hydrogens is 334 g/mol. The lowest BCUT2D eigenvalue weighted by molar-refractivity contribution is 0.102. The van der Waals surface area contributed by atoms with Crippen LogP contribution in [-0.4, -0.2) is 22.7 Å². The van der Waals surface area contributed by atoms with E-state index in [1.807, 2.05) is 25.1 Å². The minimum absolute atomic E-state index is 0.222. The van der Waals surface area contributed by atoms with Crippen LogP contribution in [0.4, 0.5) is 5.13 Å². The number of carbonyl (C=O) groups is 1. The molecule has 0 atom stereocenters. The molecule has 0 saturated heterocycles. The van der Waals surface area contributed by atoms with Gasteiger partial charge in [-0.25, -0.2) is 0 Å². The summed E-state index contributed by atoms with van der Waals surface area (Å²) in [5.74, 6) is 0.452. The molecule has 0 radical (unpaired) electrons. The van der Waals surface area contributed by atoms with E-state index in [0.29, 0.717) is 29.5 Å². The third kappa shape index (κ3) is 4.42. The number of rotatable bonds is 6. The number of hydrogen-bond acceptors (Lipinski definition) is 5. The largest absolute Gasteiger partial charge is 0.494 e. The van der Waals surface area contributed by atoms with Crippen molar-refractivity contribution in [2.45, 2.75) is 20.3 Å². The lowest BCUT2D eigenvalue weighted by Gasteiger charge is -2.05. The maximum absolute atomic E-state index is 12.4. The van der Waals surface area contributed by atoms with Gasteiger partial charge in [-0.1, -0.05) is 41.7 Å². The summed E-state index contributed by atoms with van der Waals surface area (Å²) in [5.41, 5.74) is 2.96. The number of aromatic nitrogens is 2. The first-order chi connectivity index (χ1) is 12.2. The summed E-state index contributed by atoms with van der Waals surface area (Å²) in [4.78, 5) is 12.4. The fourth-order valence-corrected chi connectivity index (χ4v) is 3.17. The van der Waals surface area contributed by atoms with Crippen LogP contribution in [0.2, 0.25) is 0 Å². The highest BCUT2D eigenvalue weighted by molar-refractivity contribution is 7.15. The number of amides is 1. The van der Waals surface area contributed by atoms with Gasteiger partial charge in [0.15, 0.2) is 0 Å². The molecule has 1 amide bonds. The van der Waals surface area contributed by atoms with Crippen molar-refractivity contribution in [1.29, 1.82) is 0 Å². The van der Waals surface area contributed by atoms with Crippen LogP contribution in [0, 0.1) is 6.92 Å². The van der Waals surface area contributed by atoms with E-state index in [2.05, 4.69) is 34.6 Å². The highest BCUT2D eigenvalue weighted by Crippen LogP contribution is 2.21. The number of carbonyl (C=O) groups excluding carboxylic acids is 1. The van der Waals surface area contributed by atoms with E-state index in [9.17, 15) is 4.79 Å². The maximum Gasteiger partial charge on any atom is 0.257 e. The van der Waals surface area contributed by atoms with E-state index >= 15 is 0 Å². The van der Waals surface area contributed by atoms with Gasteiger partial charge < -0.3 is 4.74 Å². The van der Waals surface area contributed by atoms with Crippen LogP contribution in [0.1, 0.15) is 33.4 Å². The zero-order valence-corrected chi connectivity index (χ0v) is 15.0. The van der Waals surface area contributed by atoms with Crippen molar-refractivity contribution in [3.63, 3.8) is 0 Å². The van der Waals surface area contributed by atoms with Gasteiger partial charge in [0.2, 0.25) is 5.13 Å². The first kappa shape index (κ1) is 17.1. The van der Waals surface area contributed by atoms with Gasteiger partial charge >= 0.3 is 0 Å². The van der Waals surface area contributed by atoms with Gasteiger partial charge in [0, 0.05) is 12.0 Å². The Balaban J connectivity index is 1.68. The van der Waals surface area contributed by atoms with Gasteiger partial charge in [-0.05, 0) is 43.2 Å². The molecule has 1 aromatic heterocycles. The number of hydrogen-bond donors (Lipinski definition) is 1. The van der Waals surface area contributed by atoms with Gasteiger partial charge in [-0.3, -0.25) is 10.1 Å². The monoisotopic (exact) mass is 353 g/mol. The second-order valence-corrected chi connectivity index (χ2v) is 6.58. The standard InChI is InChI=1S/C19H19N3O2S/c1-3-24-16-10-6-9-15(11-16)18(23)20-19-22-21-17(25-19)12-14-8-5-4-7-13(14)2/h4-11H,3,12H2,1-2H3,(H,20,22,23). The third-order valence-corrected chi connectivity index (χ3v) is 4.54. The highest BCUT2D eigenvalue weighted by Gasteiger charge is 2.12. The second-order valence-electron chi connectivity index (χ2n) is 5.52. The van der Waals surface area contributed by atoms with Crippen molar-refractivity contribution in [1.82, 2.24) is 10.2 Å². The van der Waals surface area contributed by atoms with Crippen molar-refractivity contribution >= 4 is 22.4 Å². The number of benzene rings is 2. The Morgan fingerprint density at radius 1 is 1.16 bits per heavy atom. The molecule has 25 heavy (non-hydrogen) atoms. The second kappa shape index (κ2) is 7.90. The van der Waals surface area contributed by atoms with Gasteiger partial charge in [-0.15, -0.1) is 10.2 Å². The van der Waals surface area contributed by atoms with Crippen LogP contribution >= 0.6 is 11.3 Å². The van der Waals surface area contributed by atoms with Crippen LogP contribution in [0.25, 0.3) is 0 Å². The average Bonchev–Trinajstić information content (AvgIpc) is 3.04. The van der Waals surface area contributed by atoms with Crippen LogP contribution in [0.15, 0.2) is 48.5 Å². The van der Waals surface area contributed by atoms with E-state index in [4.69, 9.17) is 4.74 Å². The third-order valence-electron chi connectivity index (χ3n) is 3.70. The number of nitrogens with one attached hydrogen (secondary N) is 1. The first-order valence-electron chi connectivity index (χ1n) is 8.07. The van der Waals surface area contributed by atoms with E-state index in [0.717, 1.165) is 5.01 Å². The van der Waals surface area contributed by atoms with Crippen molar-refractivity contribution in [2.24, 2.45) is 0 Å². The fraction of sp³-hybridized carbons (Fsp3) is 0.211. The van der Waals surface area contributed by atoms with Gasteiger partial charge in [0.1, 0.15) is 10.8 Å². The Labute approximate surface area is 150 Å². The molecule has 128 valence electrons. The number of anilines is 1. The van der Waals surface area contributed by atoms with Crippen molar-refractivity contribution in [3.05, 3.63) is 70.2 Å². The van der Waals surface area contributed by atoms with Crippen molar-refractivity contribution in [3.8, 4) is 5.75 Å². The minimum atomic E-state index is -0.222. The van der Waals surface area contributed by atoms with Crippen LogP contribution < -0.4 is 10.1 Å². The minimum Gasteiger partial charge on any atom is -0.494 e.